The Morgan fingerprint density at radius 1 is 0.952 bits per heavy atom. The monoisotopic (exact) mass is 611 g/mol. The number of nitrogens with one attached hydrogen (secondary N) is 1. The smallest absolute Gasteiger partial charge is 0.244 e. The highest BCUT2D eigenvalue weighted by atomic mass is 35.5. The first-order valence-corrected chi connectivity index (χ1v) is 16.4. The zero-order valence-corrected chi connectivity index (χ0v) is 25.6. The summed E-state index contributed by atoms with van der Waals surface area (Å²) in [5, 5.41) is 3.55. The highest BCUT2D eigenvalue weighted by Crippen LogP contribution is 2.24. The molecule has 1 N–H and O–H groups in total. The van der Waals surface area contributed by atoms with Gasteiger partial charge in [-0.15, -0.1) is 0 Å². The normalized spacial score (nSPS) is 14.5. The highest BCUT2D eigenvalue weighted by molar-refractivity contribution is 7.92. The predicted octanol–water partition coefficient (Wildman–Crippen LogP) is 5.55. The molecule has 224 valence electrons. The average molecular weight is 612 g/mol. The van der Waals surface area contributed by atoms with Crippen LogP contribution in [0.5, 0.6) is 5.75 Å². The molecule has 0 saturated heterocycles. The van der Waals surface area contributed by atoms with Crippen molar-refractivity contribution in [1.82, 2.24) is 10.2 Å². The first kappa shape index (κ1) is 31.4. The van der Waals surface area contributed by atoms with Crippen LogP contribution in [0.15, 0.2) is 78.9 Å². The number of nitrogens with zero attached hydrogens (tertiary/aromatic N) is 2. The van der Waals surface area contributed by atoms with Crippen molar-refractivity contribution in [1.29, 1.82) is 0 Å². The standard InChI is InChI=1S/C32H38ClN3O5S/c1-24(32(38)34-27-14-7-4-8-15-27)35(21-26-13-9-10-16-30(26)33)31(37)22-36(42(2,39)40)28-17-19-29(20-18-28)41-23-25-11-5-3-6-12-25/h3,5-6,9-13,16-20,24,27H,4,7-8,14-15,21-23H2,1-2H3,(H,34,38)/t24-/m1/s1. The number of hydrogen-bond donors (Lipinski definition) is 1. The van der Waals surface area contributed by atoms with Gasteiger partial charge in [-0.3, -0.25) is 13.9 Å². The van der Waals surface area contributed by atoms with Crippen LogP contribution in [0, 0.1) is 0 Å². The summed E-state index contributed by atoms with van der Waals surface area (Å²) in [6.45, 7) is 1.61. The molecule has 42 heavy (non-hydrogen) atoms. The van der Waals surface area contributed by atoms with Gasteiger partial charge in [0.15, 0.2) is 0 Å². The highest BCUT2D eigenvalue weighted by Gasteiger charge is 2.31. The number of carbonyl (C=O) groups is 2. The zero-order valence-electron chi connectivity index (χ0n) is 24.0. The van der Waals surface area contributed by atoms with Crippen molar-refractivity contribution in [3.8, 4) is 5.75 Å². The Labute approximate surface area is 253 Å². The average Bonchev–Trinajstić information content (AvgIpc) is 2.99. The van der Waals surface area contributed by atoms with Crippen molar-refractivity contribution in [2.75, 3.05) is 17.1 Å². The number of anilines is 1. The minimum absolute atomic E-state index is 0.0572. The number of sulfonamides is 1. The molecule has 1 aliphatic carbocycles. The molecule has 2 amide bonds. The summed E-state index contributed by atoms with van der Waals surface area (Å²) in [7, 11) is -3.85. The summed E-state index contributed by atoms with van der Waals surface area (Å²) in [6, 6.07) is 22.6. The predicted molar refractivity (Wildman–Crippen MR) is 166 cm³/mol. The fraction of sp³-hybridized carbons (Fsp3) is 0.375. The summed E-state index contributed by atoms with van der Waals surface area (Å²) in [5.41, 5.74) is 1.98. The third-order valence-electron chi connectivity index (χ3n) is 7.47. The quantitative estimate of drug-likeness (QED) is 0.290. The van der Waals surface area contributed by atoms with E-state index in [2.05, 4.69) is 5.32 Å². The van der Waals surface area contributed by atoms with Crippen LogP contribution in [0.25, 0.3) is 0 Å². The summed E-state index contributed by atoms with van der Waals surface area (Å²) < 4.78 is 32.6. The van der Waals surface area contributed by atoms with E-state index in [9.17, 15) is 18.0 Å². The van der Waals surface area contributed by atoms with E-state index in [-0.39, 0.29) is 18.5 Å². The lowest BCUT2D eigenvalue weighted by Crippen LogP contribution is -2.53. The molecule has 1 atom stereocenters. The molecule has 3 aromatic rings. The Morgan fingerprint density at radius 2 is 1.60 bits per heavy atom. The van der Waals surface area contributed by atoms with Gasteiger partial charge in [0.2, 0.25) is 21.8 Å². The molecule has 0 heterocycles. The molecule has 1 saturated carbocycles. The van der Waals surface area contributed by atoms with E-state index in [1.165, 1.54) is 4.90 Å². The van der Waals surface area contributed by atoms with E-state index in [1.807, 2.05) is 30.3 Å². The number of hydrogen-bond acceptors (Lipinski definition) is 5. The molecule has 0 spiro atoms. The van der Waals surface area contributed by atoms with Crippen LogP contribution in [-0.4, -0.2) is 50.0 Å². The maximum absolute atomic E-state index is 13.8. The van der Waals surface area contributed by atoms with Gasteiger partial charge in [0.25, 0.3) is 0 Å². The number of rotatable bonds is 12. The Balaban J connectivity index is 1.52. The van der Waals surface area contributed by atoms with Crippen molar-refractivity contribution >= 4 is 39.1 Å². The van der Waals surface area contributed by atoms with E-state index in [4.69, 9.17) is 16.3 Å². The van der Waals surface area contributed by atoms with Crippen molar-refractivity contribution in [2.24, 2.45) is 0 Å². The van der Waals surface area contributed by atoms with Gasteiger partial charge in [0, 0.05) is 17.6 Å². The first-order valence-electron chi connectivity index (χ1n) is 14.2. The second kappa shape index (κ2) is 14.6. The van der Waals surface area contributed by atoms with Gasteiger partial charge < -0.3 is 15.0 Å². The maximum atomic E-state index is 13.8. The Bertz CT molecular complexity index is 1440. The van der Waals surface area contributed by atoms with Crippen LogP contribution in [0.1, 0.15) is 50.2 Å². The molecular formula is C32H38ClN3O5S. The number of halogens is 1. The Kier molecular flexibility index (Phi) is 10.9. The summed E-state index contributed by atoms with van der Waals surface area (Å²) in [6.07, 6.45) is 6.13. The largest absolute Gasteiger partial charge is 0.489 e. The van der Waals surface area contributed by atoms with E-state index < -0.39 is 28.5 Å². The van der Waals surface area contributed by atoms with Crippen molar-refractivity contribution < 1.29 is 22.7 Å². The fourth-order valence-electron chi connectivity index (χ4n) is 5.02. The molecule has 1 fully saturated rings. The number of ether oxygens (including phenoxy) is 1. The van der Waals surface area contributed by atoms with Crippen molar-refractivity contribution in [3.63, 3.8) is 0 Å². The third-order valence-corrected chi connectivity index (χ3v) is 8.98. The van der Waals surface area contributed by atoms with Crippen LogP contribution in [0.4, 0.5) is 5.69 Å². The lowest BCUT2D eigenvalue weighted by molar-refractivity contribution is -0.139. The molecule has 0 radical (unpaired) electrons. The molecule has 0 unspecified atom stereocenters. The lowest BCUT2D eigenvalue weighted by atomic mass is 9.95. The molecule has 4 rings (SSSR count). The van der Waals surface area contributed by atoms with Gasteiger partial charge in [0.05, 0.1) is 11.9 Å². The third kappa shape index (κ3) is 8.72. The minimum atomic E-state index is -3.85. The second-order valence-electron chi connectivity index (χ2n) is 10.7. The first-order chi connectivity index (χ1) is 20.1. The SMILES string of the molecule is C[C@H](C(=O)NC1CCCCC1)N(Cc1ccccc1Cl)C(=O)CN(c1ccc(OCc2ccccc2)cc1)S(C)(=O)=O. The van der Waals surface area contributed by atoms with Crippen LogP contribution < -0.4 is 14.4 Å². The summed E-state index contributed by atoms with van der Waals surface area (Å²) in [5.74, 6) is -0.222. The van der Waals surface area contributed by atoms with Gasteiger partial charge in [0.1, 0.15) is 24.9 Å². The van der Waals surface area contributed by atoms with Gasteiger partial charge in [-0.1, -0.05) is 79.4 Å². The molecule has 3 aromatic carbocycles. The molecular weight excluding hydrogens is 574 g/mol. The molecule has 10 heteroatoms. The van der Waals surface area contributed by atoms with Crippen molar-refractivity contribution in [2.45, 2.75) is 64.3 Å². The number of amides is 2. The fourth-order valence-corrected chi connectivity index (χ4v) is 6.07. The van der Waals surface area contributed by atoms with E-state index in [1.54, 1.807) is 55.5 Å². The van der Waals surface area contributed by atoms with Crippen LogP contribution in [-0.2, 0) is 32.8 Å². The van der Waals surface area contributed by atoms with Gasteiger partial charge in [-0.25, -0.2) is 8.42 Å². The topological polar surface area (TPSA) is 96.0 Å². The van der Waals surface area contributed by atoms with Crippen LogP contribution in [0.3, 0.4) is 0 Å². The number of benzene rings is 3. The molecule has 8 nitrogen and oxygen atoms in total. The zero-order chi connectivity index (χ0) is 30.1. The number of carbonyl (C=O) groups excluding carboxylic acids is 2. The summed E-state index contributed by atoms with van der Waals surface area (Å²) in [4.78, 5) is 28.5. The molecule has 0 aromatic heterocycles. The van der Waals surface area contributed by atoms with E-state index in [0.29, 0.717) is 28.6 Å². The van der Waals surface area contributed by atoms with Crippen LogP contribution >= 0.6 is 11.6 Å². The Morgan fingerprint density at radius 3 is 2.24 bits per heavy atom. The summed E-state index contributed by atoms with van der Waals surface area (Å²) >= 11 is 6.41. The second-order valence-corrected chi connectivity index (χ2v) is 13.0. The maximum Gasteiger partial charge on any atom is 0.244 e. The van der Waals surface area contributed by atoms with Gasteiger partial charge in [-0.05, 0) is 61.2 Å². The van der Waals surface area contributed by atoms with Crippen LogP contribution in [0.2, 0.25) is 5.02 Å². The van der Waals surface area contributed by atoms with E-state index >= 15 is 0 Å². The molecule has 0 aliphatic heterocycles. The van der Waals surface area contributed by atoms with Crippen molar-refractivity contribution in [3.05, 3.63) is 95.0 Å². The minimum Gasteiger partial charge on any atom is -0.489 e. The lowest BCUT2D eigenvalue weighted by Gasteiger charge is -2.33. The van der Waals surface area contributed by atoms with Gasteiger partial charge in [-0.2, -0.15) is 0 Å². The van der Waals surface area contributed by atoms with Gasteiger partial charge >= 0.3 is 0 Å². The van der Waals surface area contributed by atoms with E-state index in [0.717, 1.165) is 48.2 Å². The molecule has 1 aliphatic rings. The molecule has 0 bridgehead atoms. The Hall–Kier alpha value is -3.56.